The first kappa shape index (κ1) is 20.1. The average Bonchev–Trinajstić information content (AvgIpc) is 2.86. The maximum Gasteiger partial charge on any atom is 0.302 e. The van der Waals surface area contributed by atoms with Crippen molar-refractivity contribution in [2.75, 3.05) is 0 Å². The second-order valence-corrected chi connectivity index (χ2v) is 10.5. The molecule has 4 aliphatic carbocycles. The third-order valence-corrected chi connectivity index (χ3v) is 9.37. The molecule has 0 saturated heterocycles. The van der Waals surface area contributed by atoms with Crippen LogP contribution in [0, 0.1) is 34.5 Å². The Bertz CT molecular complexity index is 716. The molecular formula is C23H34O5. The molecule has 0 radical (unpaired) electrons. The lowest BCUT2D eigenvalue weighted by molar-refractivity contribution is -0.181. The third kappa shape index (κ3) is 2.57. The Morgan fingerprint density at radius 2 is 1.79 bits per heavy atom. The van der Waals surface area contributed by atoms with E-state index in [9.17, 15) is 19.5 Å². The van der Waals surface area contributed by atoms with Gasteiger partial charge in [0.15, 0.2) is 5.78 Å². The number of esters is 1. The summed E-state index contributed by atoms with van der Waals surface area (Å²) >= 11 is 0. The Balaban J connectivity index is 1.63. The number of carbonyl (C=O) groups excluding carboxylic acids is 3. The van der Waals surface area contributed by atoms with Crippen LogP contribution in [-0.4, -0.2) is 34.3 Å². The van der Waals surface area contributed by atoms with E-state index in [-0.39, 0.29) is 46.8 Å². The Morgan fingerprint density at radius 1 is 1.07 bits per heavy atom. The van der Waals surface area contributed by atoms with E-state index in [1.165, 1.54) is 13.8 Å². The van der Waals surface area contributed by atoms with Gasteiger partial charge in [0.1, 0.15) is 17.5 Å². The van der Waals surface area contributed by atoms with E-state index in [0.29, 0.717) is 18.8 Å². The molecule has 156 valence electrons. The first-order valence-corrected chi connectivity index (χ1v) is 11.0. The van der Waals surface area contributed by atoms with Crippen LogP contribution in [0.1, 0.15) is 79.1 Å². The van der Waals surface area contributed by atoms with E-state index in [0.717, 1.165) is 38.5 Å². The summed E-state index contributed by atoms with van der Waals surface area (Å²) in [5.41, 5.74) is -2.05. The molecule has 0 bridgehead atoms. The van der Waals surface area contributed by atoms with E-state index in [2.05, 4.69) is 6.92 Å². The minimum Gasteiger partial charge on any atom is -0.463 e. The summed E-state index contributed by atoms with van der Waals surface area (Å²) in [5.74, 6) is 0.722. The molecule has 0 aromatic carbocycles. The van der Waals surface area contributed by atoms with E-state index in [4.69, 9.17) is 4.74 Å². The normalized spacial score (nSPS) is 50.3. The second-order valence-electron chi connectivity index (χ2n) is 10.5. The predicted octanol–water partition coefficient (Wildman–Crippen LogP) is 3.46. The van der Waals surface area contributed by atoms with Gasteiger partial charge in [-0.2, -0.15) is 0 Å². The van der Waals surface area contributed by atoms with Crippen LogP contribution in [0.3, 0.4) is 0 Å². The molecule has 4 aliphatic rings. The van der Waals surface area contributed by atoms with Gasteiger partial charge in [-0.3, -0.25) is 14.4 Å². The van der Waals surface area contributed by atoms with E-state index < -0.39 is 11.0 Å². The fourth-order valence-electron chi connectivity index (χ4n) is 7.96. The fraction of sp³-hybridized carbons (Fsp3) is 0.870. The van der Waals surface area contributed by atoms with Gasteiger partial charge in [0.05, 0.1) is 0 Å². The molecule has 0 spiro atoms. The molecule has 1 N–H and O–H groups in total. The highest BCUT2D eigenvalue weighted by Crippen LogP contribution is 2.67. The molecule has 0 amide bonds. The first-order valence-electron chi connectivity index (χ1n) is 11.0. The minimum atomic E-state index is -1.36. The number of aliphatic hydroxyl groups is 1. The van der Waals surface area contributed by atoms with Crippen molar-refractivity contribution in [1.82, 2.24) is 0 Å². The van der Waals surface area contributed by atoms with Crippen LogP contribution in [0.2, 0.25) is 0 Å². The van der Waals surface area contributed by atoms with Crippen molar-refractivity contribution in [3.63, 3.8) is 0 Å². The zero-order valence-corrected chi connectivity index (χ0v) is 17.6. The lowest BCUT2D eigenvalue weighted by atomic mass is 9.44. The number of ketones is 2. The van der Waals surface area contributed by atoms with Crippen molar-refractivity contribution >= 4 is 17.5 Å². The number of rotatable bonds is 2. The number of carbonyl (C=O) groups is 3. The van der Waals surface area contributed by atoms with Crippen LogP contribution in [0.5, 0.6) is 0 Å². The molecule has 0 unspecified atom stereocenters. The van der Waals surface area contributed by atoms with Crippen molar-refractivity contribution < 1.29 is 24.2 Å². The minimum absolute atomic E-state index is 0.0110. The second kappa shape index (κ2) is 6.38. The summed E-state index contributed by atoms with van der Waals surface area (Å²) in [5, 5.41) is 11.2. The van der Waals surface area contributed by atoms with Crippen LogP contribution in [0.15, 0.2) is 0 Å². The van der Waals surface area contributed by atoms with Gasteiger partial charge in [0.2, 0.25) is 0 Å². The van der Waals surface area contributed by atoms with Gasteiger partial charge >= 0.3 is 5.97 Å². The molecule has 0 aromatic heterocycles. The highest BCUT2D eigenvalue weighted by Gasteiger charge is 2.68. The topological polar surface area (TPSA) is 80.7 Å². The smallest absolute Gasteiger partial charge is 0.302 e. The Hall–Kier alpha value is -1.23. The van der Waals surface area contributed by atoms with Gasteiger partial charge in [0.25, 0.3) is 0 Å². The number of fused-ring (bicyclic) bond motifs is 5. The number of hydrogen-bond acceptors (Lipinski definition) is 5. The van der Waals surface area contributed by atoms with Gasteiger partial charge < -0.3 is 9.84 Å². The molecule has 0 aromatic rings. The summed E-state index contributed by atoms with van der Waals surface area (Å²) in [6.07, 6.45) is 6.19. The lowest BCUT2D eigenvalue weighted by Crippen LogP contribution is -2.61. The summed E-state index contributed by atoms with van der Waals surface area (Å²) in [4.78, 5) is 37.2. The summed E-state index contributed by atoms with van der Waals surface area (Å²) in [6, 6.07) is 0. The van der Waals surface area contributed by atoms with E-state index in [1.54, 1.807) is 0 Å². The molecule has 28 heavy (non-hydrogen) atoms. The van der Waals surface area contributed by atoms with Gasteiger partial charge in [0, 0.05) is 24.7 Å². The average molecular weight is 391 g/mol. The fourth-order valence-corrected chi connectivity index (χ4v) is 7.96. The quantitative estimate of drug-likeness (QED) is 0.730. The van der Waals surface area contributed by atoms with Crippen molar-refractivity contribution in [1.29, 1.82) is 0 Å². The maximum absolute atomic E-state index is 13.5. The van der Waals surface area contributed by atoms with Crippen molar-refractivity contribution in [2.45, 2.75) is 90.8 Å². The van der Waals surface area contributed by atoms with Crippen LogP contribution >= 0.6 is 0 Å². The van der Waals surface area contributed by atoms with Crippen LogP contribution < -0.4 is 0 Å². The van der Waals surface area contributed by atoms with Gasteiger partial charge in [-0.25, -0.2) is 0 Å². The summed E-state index contributed by atoms with van der Waals surface area (Å²) < 4.78 is 5.49. The zero-order chi connectivity index (χ0) is 20.5. The van der Waals surface area contributed by atoms with Gasteiger partial charge in [-0.05, 0) is 75.0 Å². The first-order chi connectivity index (χ1) is 13.0. The van der Waals surface area contributed by atoms with Crippen LogP contribution in [0.25, 0.3) is 0 Å². The SMILES string of the molecule is CC(=O)O[C@@H]1CC[C@@]2(C)[C@@H](CC[C@H]3[C@H]2C(=O)C[C@]2(C)[C@@H]3CC[C@]2(O)C(C)=O)C1. The van der Waals surface area contributed by atoms with Crippen molar-refractivity contribution in [3.05, 3.63) is 0 Å². The molecule has 5 nitrogen and oxygen atoms in total. The number of Topliss-reactive ketones (excluding diaryl/α,β-unsaturated/α-hetero) is 2. The largest absolute Gasteiger partial charge is 0.463 e. The molecule has 4 saturated carbocycles. The number of ether oxygens (including phenoxy) is 1. The molecule has 0 heterocycles. The molecule has 5 heteroatoms. The molecule has 4 rings (SSSR count). The van der Waals surface area contributed by atoms with Crippen molar-refractivity contribution in [3.8, 4) is 0 Å². The third-order valence-electron chi connectivity index (χ3n) is 9.37. The van der Waals surface area contributed by atoms with Crippen molar-refractivity contribution in [2.24, 2.45) is 34.5 Å². The monoisotopic (exact) mass is 390 g/mol. The Kier molecular flexibility index (Phi) is 4.57. The number of hydrogen-bond donors (Lipinski definition) is 1. The zero-order valence-electron chi connectivity index (χ0n) is 17.6. The summed E-state index contributed by atoms with van der Waals surface area (Å²) in [7, 11) is 0. The molecule has 0 aliphatic heterocycles. The molecule has 8 atom stereocenters. The van der Waals surface area contributed by atoms with Crippen LogP contribution in [0.4, 0.5) is 0 Å². The highest BCUT2D eigenvalue weighted by molar-refractivity contribution is 5.90. The van der Waals surface area contributed by atoms with E-state index >= 15 is 0 Å². The van der Waals surface area contributed by atoms with Gasteiger partial charge in [-0.15, -0.1) is 0 Å². The highest BCUT2D eigenvalue weighted by atomic mass is 16.5. The maximum atomic E-state index is 13.5. The molecule has 4 fully saturated rings. The Morgan fingerprint density at radius 3 is 2.43 bits per heavy atom. The summed E-state index contributed by atoms with van der Waals surface area (Å²) in [6.45, 7) is 7.18. The van der Waals surface area contributed by atoms with E-state index in [1.807, 2.05) is 6.92 Å². The standard InChI is InChI=1S/C23H34O5/c1-13(24)23(27)10-8-18-17-6-5-15-11-16(28-14(2)25)7-9-21(15,3)20(17)19(26)12-22(18,23)4/h15-18,20,27H,5-12H2,1-4H3/t15-,16+,17+,18+,20-,21-,22+,23-/m0/s1. The van der Waals surface area contributed by atoms with Gasteiger partial charge in [-0.1, -0.05) is 13.8 Å². The molecular weight excluding hydrogens is 356 g/mol. The lowest BCUT2D eigenvalue weighted by Gasteiger charge is -2.60. The Labute approximate surface area is 167 Å². The predicted molar refractivity (Wildman–Crippen MR) is 103 cm³/mol. The van der Waals surface area contributed by atoms with Crippen LogP contribution in [-0.2, 0) is 19.1 Å².